The topological polar surface area (TPSA) is 49.2 Å². The standard InChI is InChI=1S/C15H22ClN3O2/c1-11(16)14-17-12-7-8-13(21-3)18-15(12)19(14)9-5-4-6-10-20-2/h7-8,11H,4-6,9-10H2,1-3H3. The van der Waals surface area contributed by atoms with Gasteiger partial charge in [0.2, 0.25) is 5.88 Å². The number of fused-ring (bicyclic) bond motifs is 1. The Morgan fingerprint density at radius 1 is 1.19 bits per heavy atom. The Morgan fingerprint density at radius 3 is 2.67 bits per heavy atom. The van der Waals surface area contributed by atoms with Crippen LogP contribution in [-0.2, 0) is 11.3 Å². The summed E-state index contributed by atoms with van der Waals surface area (Å²) in [5.41, 5.74) is 1.69. The van der Waals surface area contributed by atoms with E-state index in [-0.39, 0.29) is 5.38 Å². The first-order valence-corrected chi connectivity index (χ1v) is 7.65. The lowest BCUT2D eigenvalue weighted by atomic mass is 10.2. The van der Waals surface area contributed by atoms with Gasteiger partial charge in [-0.15, -0.1) is 11.6 Å². The molecule has 1 unspecified atom stereocenters. The molecule has 2 aromatic heterocycles. The summed E-state index contributed by atoms with van der Waals surface area (Å²) < 4.78 is 12.4. The fourth-order valence-electron chi connectivity index (χ4n) is 2.33. The van der Waals surface area contributed by atoms with Crippen LogP contribution in [0.15, 0.2) is 12.1 Å². The third-order valence-corrected chi connectivity index (χ3v) is 3.59. The Balaban J connectivity index is 2.22. The first-order chi connectivity index (χ1) is 10.2. The molecule has 1 atom stereocenters. The molecule has 0 bridgehead atoms. The van der Waals surface area contributed by atoms with E-state index in [1.54, 1.807) is 14.2 Å². The van der Waals surface area contributed by atoms with Crippen LogP contribution in [0.25, 0.3) is 11.2 Å². The summed E-state index contributed by atoms with van der Waals surface area (Å²) in [4.78, 5) is 9.10. The summed E-state index contributed by atoms with van der Waals surface area (Å²) in [5.74, 6) is 1.45. The van der Waals surface area contributed by atoms with Crippen LogP contribution in [-0.4, -0.2) is 35.4 Å². The molecule has 0 aliphatic rings. The van der Waals surface area contributed by atoms with Crippen LogP contribution in [0.5, 0.6) is 5.88 Å². The Labute approximate surface area is 130 Å². The number of nitrogens with zero attached hydrogens (tertiary/aromatic N) is 3. The summed E-state index contributed by atoms with van der Waals surface area (Å²) in [7, 11) is 3.34. The van der Waals surface area contributed by atoms with Crippen LogP contribution in [0.3, 0.4) is 0 Å². The van der Waals surface area contributed by atoms with Crippen LogP contribution in [0, 0.1) is 0 Å². The van der Waals surface area contributed by atoms with E-state index in [1.807, 2.05) is 19.1 Å². The first-order valence-electron chi connectivity index (χ1n) is 7.21. The van der Waals surface area contributed by atoms with Gasteiger partial charge in [-0.1, -0.05) is 0 Å². The Kier molecular flexibility index (Phi) is 5.82. The maximum absolute atomic E-state index is 6.25. The smallest absolute Gasteiger partial charge is 0.215 e. The minimum atomic E-state index is -0.149. The van der Waals surface area contributed by atoms with E-state index >= 15 is 0 Å². The number of aromatic nitrogens is 3. The number of ether oxygens (including phenoxy) is 2. The predicted molar refractivity (Wildman–Crippen MR) is 84.1 cm³/mol. The monoisotopic (exact) mass is 311 g/mol. The molecule has 0 aliphatic carbocycles. The molecule has 0 saturated carbocycles. The summed E-state index contributed by atoms with van der Waals surface area (Å²) in [6.45, 7) is 3.59. The second-order valence-electron chi connectivity index (χ2n) is 4.99. The van der Waals surface area contributed by atoms with Crippen LogP contribution >= 0.6 is 11.6 Å². The van der Waals surface area contributed by atoms with Gasteiger partial charge < -0.3 is 14.0 Å². The maximum atomic E-state index is 6.25. The summed E-state index contributed by atoms with van der Waals surface area (Å²) >= 11 is 6.25. The number of unbranched alkanes of at least 4 members (excludes halogenated alkanes) is 2. The molecule has 2 rings (SSSR count). The number of halogens is 1. The zero-order valence-electron chi connectivity index (χ0n) is 12.8. The van der Waals surface area contributed by atoms with Gasteiger partial charge >= 0.3 is 0 Å². The second kappa shape index (κ2) is 7.61. The Morgan fingerprint density at radius 2 is 2.00 bits per heavy atom. The van der Waals surface area contributed by atoms with E-state index in [1.165, 1.54) is 0 Å². The number of aryl methyl sites for hydroxylation is 1. The van der Waals surface area contributed by atoms with Crippen molar-refractivity contribution < 1.29 is 9.47 Å². The van der Waals surface area contributed by atoms with Crippen molar-refractivity contribution in [3.8, 4) is 5.88 Å². The van der Waals surface area contributed by atoms with Gasteiger partial charge in [0.05, 0.1) is 12.5 Å². The molecule has 0 aliphatic heterocycles. The van der Waals surface area contributed by atoms with E-state index in [0.717, 1.165) is 49.4 Å². The summed E-state index contributed by atoms with van der Waals surface area (Å²) in [5, 5.41) is -0.149. The maximum Gasteiger partial charge on any atom is 0.215 e. The molecule has 5 nitrogen and oxygen atoms in total. The highest BCUT2D eigenvalue weighted by Crippen LogP contribution is 2.25. The quantitative estimate of drug-likeness (QED) is 0.552. The van der Waals surface area contributed by atoms with Gasteiger partial charge in [0.15, 0.2) is 5.65 Å². The SMILES string of the molecule is COCCCCCn1c(C(C)Cl)nc2ccc(OC)nc21. The van der Waals surface area contributed by atoms with Crippen molar-refractivity contribution in [2.24, 2.45) is 0 Å². The van der Waals surface area contributed by atoms with Gasteiger partial charge in [-0.3, -0.25) is 0 Å². The second-order valence-corrected chi connectivity index (χ2v) is 5.64. The zero-order valence-corrected chi connectivity index (χ0v) is 13.6. The van der Waals surface area contributed by atoms with E-state index in [2.05, 4.69) is 14.5 Å². The lowest BCUT2D eigenvalue weighted by Gasteiger charge is -2.10. The number of rotatable bonds is 8. The number of hydrogen-bond donors (Lipinski definition) is 0. The fourth-order valence-corrected chi connectivity index (χ4v) is 2.50. The van der Waals surface area contributed by atoms with Crippen LogP contribution in [0.1, 0.15) is 37.4 Å². The predicted octanol–water partition coefficient (Wildman–Crippen LogP) is 3.56. The highest BCUT2D eigenvalue weighted by atomic mass is 35.5. The molecule has 0 N–H and O–H groups in total. The largest absolute Gasteiger partial charge is 0.481 e. The molecule has 0 amide bonds. The molecule has 6 heteroatoms. The lowest BCUT2D eigenvalue weighted by Crippen LogP contribution is -2.06. The number of pyridine rings is 1. The van der Waals surface area contributed by atoms with Gasteiger partial charge in [0.1, 0.15) is 11.3 Å². The molecular formula is C15H22ClN3O2. The van der Waals surface area contributed by atoms with Crippen molar-refractivity contribution in [3.05, 3.63) is 18.0 Å². The Bertz CT molecular complexity index is 584. The highest BCUT2D eigenvalue weighted by molar-refractivity contribution is 6.20. The fraction of sp³-hybridized carbons (Fsp3) is 0.600. The average Bonchev–Trinajstić information content (AvgIpc) is 2.85. The zero-order chi connectivity index (χ0) is 15.2. The van der Waals surface area contributed by atoms with Crippen LogP contribution < -0.4 is 4.74 Å². The summed E-state index contributed by atoms with van der Waals surface area (Å²) in [6, 6.07) is 3.74. The van der Waals surface area contributed by atoms with E-state index in [0.29, 0.717) is 5.88 Å². The molecule has 0 aromatic carbocycles. The molecule has 21 heavy (non-hydrogen) atoms. The van der Waals surface area contributed by atoms with E-state index in [4.69, 9.17) is 21.1 Å². The molecule has 116 valence electrons. The van der Waals surface area contributed by atoms with Crippen molar-refractivity contribution in [2.45, 2.75) is 38.1 Å². The van der Waals surface area contributed by atoms with Crippen molar-refractivity contribution in [3.63, 3.8) is 0 Å². The lowest BCUT2D eigenvalue weighted by molar-refractivity contribution is 0.191. The third-order valence-electron chi connectivity index (χ3n) is 3.39. The van der Waals surface area contributed by atoms with Gasteiger partial charge in [-0.05, 0) is 32.3 Å². The highest BCUT2D eigenvalue weighted by Gasteiger charge is 2.16. The van der Waals surface area contributed by atoms with Crippen molar-refractivity contribution in [1.82, 2.24) is 14.5 Å². The van der Waals surface area contributed by atoms with E-state index in [9.17, 15) is 0 Å². The van der Waals surface area contributed by atoms with Crippen molar-refractivity contribution in [1.29, 1.82) is 0 Å². The number of methoxy groups -OCH3 is 2. The van der Waals surface area contributed by atoms with Gasteiger partial charge in [-0.25, -0.2) is 4.98 Å². The van der Waals surface area contributed by atoms with Gasteiger partial charge in [0.25, 0.3) is 0 Å². The van der Waals surface area contributed by atoms with Gasteiger partial charge in [-0.2, -0.15) is 4.98 Å². The van der Waals surface area contributed by atoms with Crippen molar-refractivity contribution in [2.75, 3.05) is 20.8 Å². The minimum Gasteiger partial charge on any atom is -0.481 e. The molecule has 0 saturated heterocycles. The van der Waals surface area contributed by atoms with Crippen molar-refractivity contribution >= 4 is 22.8 Å². The molecular weight excluding hydrogens is 290 g/mol. The first kappa shape index (κ1) is 16.0. The number of imidazole rings is 1. The molecule has 0 radical (unpaired) electrons. The number of hydrogen-bond acceptors (Lipinski definition) is 4. The third kappa shape index (κ3) is 3.86. The van der Waals surface area contributed by atoms with Gasteiger partial charge in [0, 0.05) is 26.3 Å². The molecule has 0 fully saturated rings. The summed E-state index contributed by atoms with van der Waals surface area (Å²) in [6.07, 6.45) is 3.21. The Hall–Kier alpha value is -1.33. The van der Waals surface area contributed by atoms with Crippen LogP contribution in [0.4, 0.5) is 0 Å². The van der Waals surface area contributed by atoms with E-state index < -0.39 is 0 Å². The number of alkyl halides is 1. The van der Waals surface area contributed by atoms with Crippen LogP contribution in [0.2, 0.25) is 0 Å². The molecule has 2 aromatic rings. The average molecular weight is 312 g/mol. The molecule has 2 heterocycles. The molecule has 0 spiro atoms. The normalized spacial score (nSPS) is 12.8. The minimum absolute atomic E-state index is 0.149.